The molecule has 1 fully saturated rings. The number of ether oxygens (including phenoxy) is 1. The maximum absolute atomic E-state index is 13.1. The van der Waals surface area contributed by atoms with Crippen LogP contribution in [-0.4, -0.2) is 43.6 Å². The van der Waals surface area contributed by atoms with Crippen molar-refractivity contribution in [3.05, 3.63) is 0 Å². The topological polar surface area (TPSA) is 104 Å². The molecular weight excluding hydrogens is 360 g/mol. The molecule has 24 heavy (non-hydrogen) atoms. The van der Waals surface area contributed by atoms with Gasteiger partial charge in [-0.05, 0) is 32.1 Å². The average Bonchev–Trinajstić information content (AvgIpc) is 2.51. The predicted octanol–water partition coefficient (Wildman–Crippen LogP) is 2.31. The second kappa shape index (κ2) is 8.24. The molecule has 0 aliphatic heterocycles. The van der Waals surface area contributed by atoms with Gasteiger partial charge in [0.05, 0.1) is 18.4 Å². The minimum absolute atomic E-state index is 0.291. The second-order valence-electron chi connectivity index (χ2n) is 5.61. The van der Waals surface area contributed by atoms with Gasteiger partial charge in [0.25, 0.3) is 0 Å². The second-order valence-corrected chi connectivity index (χ2v) is 6.60. The first-order chi connectivity index (χ1) is 11.0. The maximum atomic E-state index is 13.1. The van der Waals surface area contributed by atoms with E-state index in [1.165, 1.54) is 0 Å². The number of halogens is 4. The van der Waals surface area contributed by atoms with E-state index in [0.29, 0.717) is 25.7 Å². The molecule has 1 atom stereocenters. The first-order valence-electron chi connectivity index (χ1n) is 7.23. The average molecular weight is 377 g/mol. The number of aliphatic carboxylic acids is 1. The molecule has 140 valence electrons. The molecule has 0 heterocycles. The molecule has 0 aromatic heterocycles. The molecule has 1 aliphatic rings. The van der Waals surface area contributed by atoms with Gasteiger partial charge in [-0.1, -0.05) is 0 Å². The monoisotopic (exact) mass is 377 g/mol. The van der Waals surface area contributed by atoms with Gasteiger partial charge in [0.15, 0.2) is 0 Å². The van der Waals surface area contributed by atoms with Crippen molar-refractivity contribution in [3.63, 3.8) is 0 Å². The lowest BCUT2D eigenvalue weighted by Gasteiger charge is -2.28. The van der Waals surface area contributed by atoms with Crippen molar-refractivity contribution >= 4 is 23.0 Å². The molecule has 0 bridgehead atoms. The van der Waals surface area contributed by atoms with Crippen molar-refractivity contribution in [2.24, 2.45) is 11.8 Å². The Kier molecular flexibility index (Phi) is 7.14. The lowest BCUT2D eigenvalue weighted by molar-refractivity contribution is -0.166. The van der Waals surface area contributed by atoms with E-state index in [2.05, 4.69) is 0 Å². The molecule has 1 rings (SSSR count). The fourth-order valence-electron chi connectivity index (χ4n) is 2.43. The van der Waals surface area contributed by atoms with Crippen LogP contribution in [0.25, 0.3) is 0 Å². The first-order valence-corrected chi connectivity index (χ1v) is 8.31. The molecule has 1 aliphatic carbocycles. The Bertz CT molecular complexity index is 491. The summed E-state index contributed by atoms with van der Waals surface area (Å²) in [5.41, 5.74) is 0. The molecule has 0 radical (unpaired) electrons. The van der Waals surface area contributed by atoms with Crippen LogP contribution in [0.4, 0.5) is 17.6 Å². The fourth-order valence-corrected chi connectivity index (χ4v) is 2.77. The third-order valence-electron chi connectivity index (χ3n) is 3.92. The van der Waals surface area contributed by atoms with E-state index in [0.717, 1.165) is 0 Å². The van der Waals surface area contributed by atoms with E-state index in [1.54, 1.807) is 0 Å². The van der Waals surface area contributed by atoms with Crippen LogP contribution in [0.5, 0.6) is 0 Å². The molecule has 6 nitrogen and oxygen atoms in total. The Morgan fingerprint density at radius 1 is 1.12 bits per heavy atom. The van der Waals surface area contributed by atoms with Crippen LogP contribution in [0.3, 0.4) is 0 Å². The number of carbonyl (C=O) groups is 2. The number of esters is 1. The summed E-state index contributed by atoms with van der Waals surface area (Å²) in [5.74, 6) is -7.47. The smallest absolute Gasteiger partial charge is 0.371 e. The van der Waals surface area contributed by atoms with Gasteiger partial charge in [0.1, 0.15) is 0 Å². The maximum Gasteiger partial charge on any atom is 0.371 e. The summed E-state index contributed by atoms with van der Waals surface area (Å²) >= 11 is -4.26. The van der Waals surface area contributed by atoms with Gasteiger partial charge >= 0.3 is 23.1 Å². The van der Waals surface area contributed by atoms with Gasteiger partial charge < -0.3 is 14.4 Å². The molecule has 0 spiro atoms. The van der Waals surface area contributed by atoms with E-state index >= 15 is 0 Å². The number of rotatable bonds is 8. The molecule has 1 unspecified atom stereocenters. The number of alkyl halides is 4. The summed E-state index contributed by atoms with van der Waals surface area (Å²) in [5, 5.41) is 3.64. The summed E-state index contributed by atoms with van der Waals surface area (Å²) in [6.07, 6.45) is -0.898. The zero-order valence-electron chi connectivity index (χ0n) is 12.5. The Balaban J connectivity index is 2.34. The van der Waals surface area contributed by atoms with Crippen LogP contribution in [0.15, 0.2) is 0 Å². The molecule has 0 aromatic carbocycles. The van der Waals surface area contributed by atoms with Crippen LogP contribution < -0.4 is 0 Å². The lowest BCUT2D eigenvalue weighted by atomic mass is 9.82. The van der Waals surface area contributed by atoms with E-state index in [9.17, 15) is 35.9 Å². The van der Waals surface area contributed by atoms with Gasteiger partial charge in [0.2, 0.25) is 0 Å². The third-order valence-corrected chi connectivity index (χ3v) is 4.64. The number of carboxylic acid groups (broad SMARTS) is 1. The van der Waals surface area contributed by atoms with Gasteiger partial charge in [-0.3, -0.25) is 13.8 Å². The van der Waals surface area contributed by atoms with Gasteiger partial charge in [-0.2, -0.15) is 17.6 Å². The third kappa shape index (κ3) is 5.13. The minimum Gasteiger partial charge on any atom is -0.768 e. The number of hydrogen-bond acceptors (Lipinski definition) is 5. The Hall–Kier alpha value is -1.23. The number of carboxylic acids is 1. The van der Waals surface area contributed by atoms with Gasteiger partial charge in [-0.25, -0.2) is 0 Å². The van der Waals surface area contributed by atoms with Crippen molar-refractivity contribution in [1.82, 2.24) is 0 Å². The first kappa shape index (κ1) is 20.8. The van der Waals surface area contributed by atoms with Crippen LogP contribution in [-0.2, 0) is 25.4 Å². The van der Waals surface area contributed by atoms with Crippen LogP contribution in [0.1, 0.15) is 38.5 Å². The molecule has 1 saturated carbocycles. The fraction of sp³-hybridized carbons (Fsp3) is 0.846. The van der Waals surface area contributed by atoms with Crippen molar-refractivity contribution in [1.29, 1.82) is 0 Å². The Morgan fingerprint density at radius 3 is 2.08 bits per heavy atom. The highest BCUT2D eigenvalue weighted by atomic mass is 32.2. The summed E-state index contributed by atoms with van der Waals surface area (Å²) in [7, 11) is 0. The lowest BCUT2D eigenvalue weighted by Crippen LogP contribution is -2.44. The number of hydrogen-bond donors (Lipinski definition) is 1. The summed E-state index contributed by atoms with van der Waals surface area (Å²) in [4.78, 5) is 22.5. The Labute approximate surface area is 137 Å². The van der Waals surface area contributed by atoms with Crippen molar-refractivity contribution in [2.45, 2.75) is 49.7 Å². The van der Waals surface area contributed by atoms with E-state index in [1.807, 2.05) is 0 Å². The highest BCUT2D eigenvalue weighted by Gasteiger charge is 2.56. The van der Waals surface area contributed by atoms with Crippen LogP contribution >= 0.6 is 0 Å². The number of carbonyl (C=O) groups excluding carboxylic acids is 1. The molecular formula is C13H17F4O6S-. The van der Waals surface area contributed by atoms with Gasteiger partial charge in [0, 0.05) is 17.5 Å². The van der Waals surface area contributed by atoms with Crippen molar-refractivity contribution in [3.8, 4) is 0 Å². The minimum atomic E-state index is -5.19. The highest BCUT2D eigenvalue weighted by molar-refractivity contribution is 7.80. The predicted molar refractivity (Wildman–Crippen MR) is 72.1 cm³/mol. The summed E-state index contributed by atoms with van der Waals surface area (Å²) < 4.78 is 76.8. The molecule has 0 saturated heterocycles. The van der Waals surface area contributed by atoms with Crippen molar-refractivity contribution in [2.75, 3.05) is 6.61 Å². The molecule has 11 heteroatoms. The quantitative estimate of drug-likeness (QED) is 0.301. The molecule has 0 amide bonds. The van der Waals surface area contributed by atoms with Crippen molar-refractivity contribution < 1.29 is 45.8 Å². The Morgan fingerprint density at radius 2 is 1.62 bits per heavy atom. The standard InChI is InChI=1S/C13H18F4O6S/c14-12(15,13(16,17)24(21)22)6-1-7-23-11(20)9-4-2-8(3-5-9)10(18)19/h8-9H,1-7H2,(H,18,19)(H,21,22)/p-1. The van der Waals surface area contributed by atoms with E-state index < -0.39 is 65.5 Å². The normalized spacial score (nSPS) is 23.5. The SMILES string of the molecule is O=C(O)C1CCC(C(=O)OCCCC(F)(F)C(F)(F)S(=O)[O-])CC1. The zero-order chi connectivity index (χ0) is 18.5. The molecule has 1 N–H and O–H groups in total. The van der Waals surface area contributed by atoms with E-state index in [-0.39, 0.29) is 0 Å². The zero-order valence-corrected chi connectivity index (χ0v) is 13.3. The van der Waals surface area contributed by atoms with Crippen LogP contribution in [0, 0.1) is 11.8 Å². The summed E-state index contributed by atoms with van der Waals surface area (Å²) in [6, 6.07) is 0. The van der Waals surface area contributed by atoms with Gasteiger partial charge in [-0.15, -0.1) is 0 Å². The highest BCUT2D eigenvalue weighted by Crippen LogP contribution is 2.39. The van der Waals surface area contributed by atoms with Crippen LogP contribution in [0.2, 0.25) is 0 Å². The van der Waals surface area contributed by atoms with E-state index in [4.69, 9.17) is 9.84 Å². The summed E-state index contributed by atoms with van der Waals surface area (Å²) in [6.45, 7) is -0.547. The largest absolute Gasteiger partial charge is 0.768 e. The molecule has 0 aromatic rings.